The molecule has 0 aliphatic rings. The number of carbonyl (C=O) groups is 1. The SMILES string of the molecule is CCC(=Cc1c(C)nn(C)c1-n1ccc2cccnc21)C(=O)O. The van der Waals surface area contributed by atoms with E-state index < -0.39 is 5.97 Å². The first-order valence-electron chi connectivity index (χ1n) is 7.42. The van der Waals surface area contributed by atoms with Crippen LogP contribution in [0.3, 0.4) is 0 Å². The topological polar surface area (TPSA) is 72.9 Å². The quantitative estimate of drug-likeness (QED) is 0.752. The van der Waals surface area contributed by atoms with Crippen molar-refractivity contribution >= 4 is 23.1 Å². The molecule has 6 heteroatoms. The number of carboxylic acids is 1. The van der Waals surface area contributed by atoms with Gasteiger partial charge in [-0.15, -0.1) is 0 Å². The molecule has 0 aromatic carbocycles. The lowest BCUT2D eigenvalue weighted by molar-refractivity contribution is -0.132. The number of aromatic nitrogens is 4. The van der Waals surface area contributed by atoms with Crippen LogP contribution in [0.4, 0.5) is 0 Å². The maximum atomic E-state index is 11.3. The minimum absolute atomic E-state index is 0.353. The minimum Gasteiger partial charge on any atom is -0.478 e. The standard InChI is InChI=1S/C17H18N4O2/c1-4-12(17(22)23)10-14-11(2)19-20(3)16(14)21-9-7-13-6-5-8-18-15(13)21/h5-10H,4H2,1-3H3,(H,22,23). The molecule has 118 valence electrons. The van der Waals surface area contributed by atoms with Gasteiger partial charge in [0.1, 0.15) is 11.5 Å². The van der Waals surface area contributed by atoms with Crippen molar-refractivity contribution in [1.82, 2.24) is 19.3 Å². The third kappa shape index (κ3) is 2.52. The summed E-state index contributed by atoms with van der Waals surface area (Å²) in [5, 5.41) is 14.8. The number of fused-ring (bicyclic) bond motifs is 1. The van der Waals surface area contributed by atoms with Gasteiger partial charge < -0.3 is 5.11 Å². The molecule has 23 heavy (non-hydrogen) atoms. The van der Waals surface area contributed by atoms with Crippen LogP contribution in [0.5, 0.6) is 0 Å². The highest BCUT2D eigenvalue weighted by Gasteiger charge is 2.17. The van der Waals surface area contributed by atoms with Crippen LogP contribution >= 0.6 is 0 Å². The van der Waals surface area contributed by atoms with E-state index in [1.807, 2.05) is 49.9 Å². The summed E-state index contributed by atoms with van der Waals surface area (Å²) in [6, 6.07) is 5.87. The Hall–Kier alpha value is -2.89. The summed E-state index contributed by atoms with van der Waals surface area (Å²) in [5.41, 5.74) is 2.76. The molecule has 0 fully saturated rings. The van der Waals surface area contributed by atoms with Crippen LogP contribution in [-0.2, 0) is 11.8 Å². The van der Waals surface area contributed by atoms with Gasteiger partial charge in [-0.1, -0.05) is 6.92 Å². The van der Waals surface area contributed by atoms with E-state index in [1.165, 1.54) is 0 Å². The Morgan fingerprint density at radius 3 is 2.87 bits per heavy atom. The molecule has 3 aromatic rings. The van der Waals surface area contributed by atoms with Crippen LogP contribution in [0.15, 0.2) is 36.2 Å². The fourth-order valence-electron chi connectivity index (χ4n) is 2.74. The molecule has 0 unspecified atom stereocenters. The number of aliphatic carboxylic acids is 1. The maximum Gasteiger partial charge on any atom is 0.331 e. The van der Waals surface area contributed by atoms with Gasteiger partial charge in [0.15, 0.2) is 0 Å². The van der Waals surface area contributed by atoms with Crippen molar-refractivity contribution in [2.24, 2.45) is 7.05 Å². The first-order valence-corrected chi connectivity index (χ1v) is 7.42. The Kier molecular flexibility index (Phi) is 3.73. The predicted molar refractivity (Wildman–Crippen MR) is 88.5 cm³/mol. The Labute approximate surface area is 133 Å². The van der Waals surface area contributed by atoms with E-state index in [0.717, 1.165) is 28.1 Å². The second-order valence-electron chi connectivity index (χ2n) is 5.38. The van der Waals surface area contributed by atoms with Crippen molar-refractivity contribution in [1.29, 1.82) is 0 Å². The Bertz CT molecular complexity index is 918. The van der Waals surface area contributed by atoms with Gasteiger partial charge in [0, 0.05) is 36.0 Å². The van der Waals surface area contributed by atoms with Crippen molar-refractivity contribution in [3.05, 3.63) is 47.4 Å². The van der Waals surface area contributed by atoms with Crippen LogP contribution in [0.1, 0.15) is 24.6 Å². The van der Waals surface area contributed by atoms with Crippen molar-refractivity contribution < 1.29 is 9.90 Å². The molecule has 6 nitrogen and oxygen atoms in total. The normalized spacial score (nSPS) is 12.0. The van der Waals surface area contributed by atoms with E-state index in [1.54, 1.807) is 17.0 Å². The average molecular weight is 310 g/mol. The number of hydrogen-bond acceptors (Lipinski definition) is 3. The van der Waals surface area contributed by atoms with Crippen LogP contribution in [0.2, 0.25) is 0 Å². The highest BCUT2D eigenvalue weighted by Crippen LogP contribution is 2.25. The largest absolute Gasteiger partial charge is 0.478 e. The van der Waals surface area contributed by atoms with Gasteiger partial charge in [0.25, 0.3) is 0 Å². The number of rotatable bonds is 4. The summed E-state index contributed by atoms with van der Waals surface area (Å²) in [6.07, 6.45) is 5.83. The van der Waals surface area contributed by atoms with Crippen LogP contribution in [0, 0.1) is 6.92 Å². The predicted octanol–water partition coefficient (Wildman–Crippen LogP) is 2.95. The molecule has 0 bridgehead atoms. The minimum atomic E-state index is -0.905. The van der Waals surface area contributed by atoms with Crippen LogP contribution in [-0.4, -0.2) is 30.4 Å². The smallest absolute Gasteiger partial charge is 0.331 e. The molecule has 0 spiro atoms. The molecule has 1 N–H and O–H groups in total. The van der Waals surface area contributed by atoms with Gasteiger partial charge in [-0.05, 0) is 37.6 Å². The first-order chi connectivity index (χ1) is 11.0. The highest BCUT2D eigenvalue weighted by molar-refractivity contribution is 5.93. The van der Waals surface area contributed by atoms with E-state index in [0.29, 0.717) is 12.0 Å². The van der Waals surface area contributed by atoms with E-state index in [4.69, 9.17) is 0 Å². The Morgan fingerprint density at radius 1 is 1.39 bits per heavy atom. The van der Waals surface area contributed by atoms with Gasteiger partial charge in [-0.2, -0.15) is 5.10 Å². The van der Waals surface area contributed by atoms with Gasteiger partial charge in [0.2, 0.25) is 0 Å². The summed E-state index contributed by atoms with van der Waals surface area (Å²) in [4.78, 5) is 15.8. The van der Waals surface area contributed by atoms with Crippen LogP contribution in [0.25, 0.3) is 22.9 Å². The van der Waals surface area contributed by atoms with E-state index in [-0.39, 0.29) is 0 Å². The van der Waals surface area contributed by atoms with E-state index in [9.17, 15) is 9.90 Å². The Balaban J connectivity index is 2.27. The molecule has 0 amide bonds. The maximum absolute atomic E-state index is 11.3. The fourth-order valence-corrected chi connectivity index (χ4v) is 2.74. The van der Waals surface area contributed by atoms with E-state index >= 15 is 0 Å². The molecule has 0 atom stereocenters. The van der Waals surface area contributed by atoms with E-state index in [2.05, 4.69) is 10.1 Å². The molecule has 3 rings (SSSR count). The number of carboxylic acid groups (broad SMARTS) is 1. The molecule has 3 aromatic heterocycles. The molecular weight excluding hydrogens is 292 g/mol. The fraction of sp³-hybridized carbons (Fsp3) is 0.235. The van der Waals surface area contributed by atoms with Gasteiger partial charge in [0.05, 0.1) is 5.69 Å². The van der Waals surface area contributed by atoms with Crippen LogP contribution < -0.4 is 0 Å². The summed E-state index contributed by atoms with van der Waals surface area (Å²) in [5.74, 6) is -0.0967. The number of aryl methyl sites for hydroxylation is 2. The van der Waals surface area contributed by atoms with Crippen molar-refractivity contribution in [3.8, 4) is 5.82 Å². The molecule has 0 radical (unpaired) electrons. The second kappa shape index (κ2) is 5.72. The highest BCUT2D eigenvalue weighted by atomic mass is 16.4. The summed E-state index contributed by atoms with van der Waals surface area (Å²) in [6.45, 7) is 3.71. The summed E-state index contributed by atoms with van der Waals surface area (Å²) in [7, 11) is 1.85. The number of pyridine rings is 1. The second-order valence-corrected chi connectivity index (χ2v) is 5.38. The van der Waals surface area contributed by atoms with Crippen molar-refractivity contribution in [3.63, 3.8) is 0 Å². The average Bonchev–Trinajstić information content (AvgIpc) is 3.05. The zero-order valence-electron chi connectivity index (χ0n) is 13.3. The third-order valence-electron chi connectivity index (χ3n) is 3.89. The molecule has 0 aliphatic carbocycles. The number of nitrogens with zero attached hydrogens (tertiary/aromatic N) is 4. The lowest BCUT2D eigenvalue weighted by atomic mass is 10.1. The van der Waals surface area contributed by atoms with Gasteiger partial charge in [-0.3, -0.25) is 9.25 Å². The lowest BCUT2D eigenvalue weighted by Gasteiger charge is -2.08. The monoisotopic (exact) mass is 310 g/mol. The first kappa shape index (κ1) is 15.0. The molecule has 3 heterocycles. The molecule has 0 saturated heterocycles. The van der Waals surface area contributed by atoms with Crippen molar-refractivity contribution in [2.45, 2.75) is 20.3 Å². The molecule has 0 saturated carbocycles. The summed E-state index contributed by atoms with van der Waals surface area (Å²) >= 11 is 0. The van der Waals surface area contributed by atoms with Crippen molar-refractivity contribution in [2.75, 3.05) is 0 Å². The molecular formula is C17H18N4O2. The molecule has 0 aliphatic heterocycles. The zero-order valence-corrected chi connectivity index (χ0v) is 13.3. The van der Waals surface area contributed by atoms with Gasteiger partial charge >= 0.3 is 5.97 Å². The summed E-state index contributed by atoms with van der Waals surface area (Å²) < 4.78 is 3.70. The Morgan fingerprint density at radius 2 is 2.17 bits per heavy atom. The lowest BCUT2D eigenvalue weighted by Crippen LogP contribution is -2.05. The number of hydrogen-bond donors (Lipinski definition) is 1. The third-order valence-corrected chi connectivity index (χ3v) is 3.89. The zero-order chi connectivity index (χ0) is 16.6. The van der Waals surface area contributed by atoms with Gasteiger partial charge in [-0.25, -0.2) is 9.78 Å².